The van der Waals surface area contributed by atoms with Crippen molar-refractivity contribution in [1.29, 1.82) is 0 Å². The van der Waals surface area contributed by atoms with E-state index in [4.69, 9.17) is 9.47 Å². The number of carbonyl (C=O) groups is 2. The van der Waals surface area contributed by atoms with Gasteiger partial charge in [0.25, 0.3) is 0 Å². The van der Waals surface area contributed by atoms with Crippen LogP contribution >= 0.6 is 0 Å². The van der Waals surface area contributed by atoms with Gasteiger partial charge in [-0.1, -0.05) is 71.4 Å². The van der Waals surface area contributed by atoms with E-state index in [9.17, 15) is 9.59 Å². The lowest BCUT2D eigenvalue weighted by Gasteiger charge is -2.52. The van der Waals surface area contributed by atoms with Crippen molar-refractivity contribution in [3.63, 3.8) is 0 Å². The number of rotatable bonds is 15. The van der Waals surface area contributed by atoms with Crippen LogP contribution in [0.2, 0.25) is 0 Å². The molecule has 3 rings (SSSR count). The SMILES string of the molecule is CCOc1cc([C@@H](C)C(CCCC(C)(C)c2ccccc2)C(=O)CC2(C(C)=O)CC(C)(C)C2)cc(OCC)c1C. The molecule has 1 aliphatic rings. The topological polar surface area (TPSA) is 52.6 Å². The molecule has 1 aliphatic carbocycles. The summed E-state index contributed by atoms with van der Waals surface area (Å²) in [6, 6.07) is 14.8. The molecule has 4 heteroatoms. The average molecular weight is 549 g/mol. The first-order chi connectivity index (χ1) is 18.7. The number of ether oxygens (including phenoxy) is 2. The zero-order chi connectivity index (χ0) is 29.7. The Morgan fingerprint density at radius 1 is 0.975 bits per heavy atom. The van der Waals surface area contributed by atoms with E-state index >= 15 is 0 Å². The summed E-state index contributed by atoms with van der Waals surface area (Å²) in [4.78, 5) is 27.0. The second kappa shape index (κ2) is 12.9. The van der Waals surface area contributed by atoms with Gasteiger partial charge in [0.1, 0.15) is 23.1 Å². The van der Waals surface area contributed by atoms with Crippen LogP contribution in [0, 0.1) is 23.7 Å². The molecule has 0 spiro atoms. The summed E-state index contributed by atoms with van der Waals surface area (Å²) >= 11 is 0. The molecule has 0 aliphatic heterocycles. The van der Waals surface area contributed by atoms with Gasteiger partial charge in [0, 0.05) is 23.3 Å². The molecule has 0 amide bonds. The smallest absolute Gasteiger partial charge is 0.137 e. The summed E-state index contributed by atoms with van der Waals surface area (Å²) < 4.78 is 12.0. The van der Waals surface area contributed by atoms with Crippen LogP contribution in [0.25, 0.3) is 0 Å². The molecule has 0 N–H and O–H groups in total. The molecule has 40 heavy (non-hydrogen) atoms. The normalized spacial score (nSPS) is 17.4. The van der Waals surface area contributed by atoms with Crippen LogP contribution in [0.4, 0.5) is 0 Å². The van der Waals surface area contributed by atoms with Gasteiger partial charge in [-0.15, -0.1) is 0 Å². The molecule has 2 aromatic carbocycles. The monoisotopic (exact) mass is 548 g/mol. The van der Waals surface area contributed by atoms with E-state index in [1.165, 1.54) is 5.56 Å². The molecular weight excluding hydrogens is 496 g/mol. The number of Topliss-reactive ketones (excluding diaryl/α,β-unsaturated/α-hetero) is 2. The second-order valence-electron chi connectivity index (χ2n) is 13.5. The average Bonchev–Trinajstić information content (AvgIpc) is 2.87. The van der Waals surface area contributed by atoms with Crippen LogP contribution in [-0.2, 0) is 15.0 Å². The minimum absolute atomic E-state index is 0.0187. The fraction of sp³-hybridized carbons (Fsp3) is 0.611. The van der Waals surface area contributed by atoms with Crippen molar-refractivity contribution in [2.45, 2.75) is 112 Å². The summed E-state index contributed by atoms with van der Waals surface area (Å²) in [5.41, 5.74) is 2.98. The molecule has 1 saturated carbocycles. The first kappa shape index (κ1) is 31.9. The third kappa shape index (κ3) is 7.36. The van der Waals surface area contributed by atoms with Crippen molar-refractivity contribution >= 4 is 11.6 Å². The third-order valence-corrected chi connectivity index (χ3v) is 9.24. The summed E-state index contributed by atoms with van der Waals surface area (Å²) in [5.74, 6) is 1.79. The van der Waals surface area contributed by atoms with E-state index in [0.717, 1.165) is 54.7 Å². The molecule has 0 aromatic heterocycles. The van der Waals surface area contributed by atoms with Gasteiger partial charge in [-0.2, -0.15) is 0 Å². The molecule has 2 atom stereocenters. The van der Waals surface area contributed by atoms with Crippen LogP contribution in [0.1, 0.15) is 117 Å². The van der Waals surface area contributed by atoms with Gasteiger partial charge < -0.3 is 9.47 Å². The van der Waals surface area contributed by atoms with E-state index in [0.29, 0.717) is 19.6 Å². The third-order valence-electron chi connectivity index (χ3n) is 9.24. The summed E-state index contributed by atoms with van der Waals surface area (Å²) in [6.45, 7) is 19.9. The van der Waals surface area contributed by atoms with Crippen LogP contribution in [0.15, 0.2) is 42.5 Å². The number of ketones is 2. The molecule has 0 heterocycles. The first-order valence-electron chi connectivity index (χ1n) is 15.2. The van der Waals surface area contributed by atoms with Gasteiger partial charge >= 0.3 is 0 Å². The molecule has 4 nitrogen and oxygen atoms in total. The van der Waals surface area contributed by atoms with Crippen molar-refractivity contribution in [1.82, 2.24) is 0 Å². The van der Waals surface area contributed by atoms with E-state index in [1.54, 1.807) is 6.92 Å². The largest absolute Gasteiger partial charge is 0.493 e. The standard InChI is InChI=1S/C36H52O4/c1-10-39-32-20-28(21-33(26(32)4)40-11-2)25(3)30(18-15-19-35(8,9)29-16-13-12-14-17-29)31(38)22-36(27(5)37)23-34(6,7)24-36/h12-14,16-17,20-21,25,30H,10-11,15,18-19,22-24H2,1-9H3/t25-,30?/m1/s1. The maximum Gasteiger partial charge on any atom is 0.137 e. The zero-order valence-corrected chi connectivity index (χ0v) is 26.5. The molecule has 220 valence electrons. The second-order valence-corrected chi connectivity index (χ2v) is 13.5. The van der Waals surface area contributed by atoms with Crippen LogP contribution in [0.3, 0.4) is 0 Å². The summed E-state index contributed by atoms with van der Waals surface area (Å²) in [5, 5.41) is 0. The van der Waals surface area contributed by atoms with Gasteiger partial charge in [0.05, 0.1) is 13.2 Å². The molecule has 1 fully saturated rings. The van der Waals surface area contributed by atoms with Crippen molar-refractivity contribution in [2.24, 2.45) is 16.7 Å². The Morgan fingerprint density at radius 2 is 1.52 bits per heavy atom. The lowest BCUT2D eigenvalue weighted by molar-refractivity contribution is -0.147. The molecule has 2 aromatic rings. The van der Waals surface area contributed by atoms with Gasteiger partial charge in [0.15, 0.2) is 0 Å². The summed E-state index contributed by atoms with van der Waals surface area (Å²) in [6.07, 6.45) is 4.62. The molecule has 1 unspecified atom stereocenters. The Balaban J connectivity index is 1.91. The van der Waals surface area contributed by atoms with Crippen molar-refractivity contribution in [3.8, 4) is 11.5 Å². The molecule has 0 radical (unpaired) electrons. The number of benzene rings is 2. The number of hydrogen-bond donors (Lipinski definition) is 0. The Kier molecular flexibility index (Phi) is 10.3. The van der Waals surface area contributed by atoms with Gasteiger partial charge in [-0.05, 0) is 93.4 Å². The fourth-order valence-electron chi connectivity index (χ4n) is 7.02. The van der Waals surface area contributed by atoms with Crippen LogP contribution in [0.5, 0.6) is 11.5 Å². The predicted octanol–water partition coefficient (Wildman–Crippen LogP) is 9.01. The van der Waals surface area contributed by atoms with Gasteiger partial charge in [-0.25, -0.2) is 0 Å². The number of carbonyl (C=O) groups excluding carboxylic acids is 2. The highest BCUT2D eigenvalue weighted by Crippen LogP contribution is 2.57. The summed E-state index contributed by atoms with van der Waals surface area (Å²) in [7, 11) is 0. The Morgan fingerprint density at radius 3 is 2.00 bits per heavy atom. The molecule has 0 bridgehead atoms. The number of hydrogen-bond acceptors (Lipinski definition) is 4. The van der Waals surface area contributed by atoms with Crippen molar-refractivity contribution < 1.29 is 19.1 Å². The highest BCUT2D eigenvalue weighted by molar-refractivity contribution is 5.92. The first-order valence-corrected chi connectivity index (χ1v) is 15.2. The maximum absolute atomic E-state index is 14.2. The Bertz CT molecular complexity index is 1130. The lowest BCUT2D eigenvalue weighted by atomic mass is 9.51. The Hall–Kier alpha value is -2.62. The minimum atomic E-state index is -0.512. The highest BCUT2D eigenvalue weighted by Gasteiger charge is 2.53. The van der Waals surface area contributed by atoms with Crippen LogP contribution < -0.4 is 9.47 Å². The molecule has 0 saturated heterocycles. The molecular formula is C36H52O4. The quantitative estimate of drug-likeness (QED) is 0.223. The lowest BCUT2D eigenvalue weighted by Crippen LogP contribution is -2.49. The van der Waals surface area contributed by atoms with E-state index in [1.807, 2.05) is 20.8 Å². The maximum atomic E-state index is 14.2. The van der Waals surface area contributed by atoms with E-state index in [-0.39, 0.29) is 34.2 Å². The van der Waals surface area contributed by atoms with E-state index in [2.05, 4.69) is 77.1 Å². The van der Waals surface area contributed by atoms with Gasteiger partial charge in [0.2, 0.25) is 0 Å². The Labute approximate surface area is 243 Å². The van der Waals surface area contributed by atoms with Crippen LogP contribution in [-0.4, -0.2) is 24.8 Å². The minimum Gasteiger partial charge on any atom is -0.493 e. The van der Waals surface area contributed by atoms with Crippen molar-refractivity contribution in [3.05, 3.63) is 59.2 Å². The predicted molar refractivity (Wildman–Crippen MR) is 164 cm³/mol. The van der Waals surface area contributed by atoms with E-state index < -0.39 is 5.41 Å². The highest BCUT2D eigenvalue weighted by atomic mass is 16.5. The zero-order valence-electron chi connectivity index (χ0n) is 26.5. The fourth-order valence-corrected chi connectivity index (χ4v) is 7.02. The van der Waals surface area contributed by atoms with Gasteiger partial charge in [-0.3, -0.25) is 9.59 Å². The van der Waals surface area contributed by atoms with Crippen molar-refractivity contribution in [2.75, 3.05) is 13.2 Å².